The summed E-state index contributed by atoms with van der Waals surface area (Å²) in [5, 5.41) is 0. The van der Waals surface area contributed by atoms with Crippen LogP contribution in [0.4, 0.5) is 15.8 Å². The third-order valence-corrected chi connectivity index (χ3v) is 5.73. The van der Waals surface area contributed by atoms with E-state index in [1.807, 2.05) is 0 Å². The molecule has 1 aromatic heterocycles. The molecule has 2 aromatic carbocycles. The average molecular weight is 386 g/mol. The Hall–Kier alpha value is -3.13. The van der Waals surface area contributed by atoms with Crippen LogP contribution in [0.25, 0.3) is 0 Å². The first kappa shape index (κ1) is 17.3. The lowest BCUT2D eigenvalue weighted by Gasteiger charge is -2.16. The maximum Gasteiger partial charge on any atom is 0.293 e. The van der Waals surface area contributed by atoms with E-state index >= 15 is 0 Å². The van der Waals surface area contributed by atoms with Gasteiger partial charge in [-0.1, -0.05) is 0 Å². The number of halogens is 1. The second-order valence-electron chi connectivity index (χ2n) is 6.09. The molecule has 3 aromatic rings. The van der Waals surface area contributed by atoms with Crippen molar-refractivity contribution in [1.29, 1.82) is 0 Å². The Labute approximate surface area is 155 Å². The lowest BCUT2D eigenvalue weighted by molar-refractivity contribution is 0.0963. The van der Waals surface area contributed by atoms with E-state index in [9.17, 15) is 17.6 Å². The molecule has 138 valence electrons. The maximum absolute atomic E-state index is 13.0. The van der Waals surface area contributed by atoms with Gasteiger partial charge in [-0.3, -0.25) is 9.52 Å². The van der Waals surface area contributed by atoms with Crippen LogP contribution in [0.5, 0.6) is 0 Å². The van der Waals surface area contributed by atoms with Crippen molar-refractivity contribution in [3.05, 3.63) is 78.0 Å². The molecular weight excluding hydrogens is 371 g/mol. The first-order chi connectivity index (χ1) is 12.9. The van der Waals surface area contributed by atoms with Gasteiger partial charge < -0.3 is 9.32 Å². The minimum Gasteiger partial charge on any atom is -0.459 e. The Kier molecular flexibility index (Phi) is 4.19. The Morgan fingerprint density at radius 2 is 1.89 bits per heavy atom. The van der Waals surface area contributed by atoms with Crippen LogP contribution in [0.3, 0.4) is 0 Å². The highest BCUT2D eigenvalue weighted by Gasteiger charge is 2.27. The summed E-state index contributed by atoms with van der Waals surface area (Å²) >= 11 is 0. The summed E-state index contributed by atoms with van der Waals surface area (Å²) in [6.45, 7) is 0.489. The van der Waals surface area contributed by atoms with Crippen LogP contribution < -0.4 is 9.62 Å². The van der Waals surface area contributed by atoms with E-state index in [4.69, 9.17) is 4.42 Å². The number of nitrogens with one attached hydrogen (secondary N) is 1. The Balaban J connectivity index is 1.57. The first-order valence-corrected chi connectivity index (χ1v) is 9.69. The maximum atomic E-state index is 13.0. The number of sulfonamides is 1. The minimum absolute atomic E-state index is 0.0287. The number of anilines is 2. The van der Waals surface area contributed by atoms with Crippen molar-refractivity contribution < 1.29 is 22.0 Å². The Morgan fingerprint density at radius 3 is 2.59 bits per heavy atom. The van der Waals surface area contributed by atoms with E-state index in [0.29, 0.717) is 18.7 Å². The van der Waals surface area contributed by atoms with Crippen LogP contribution in [0.15, 0.2) is 70.2 Å². The third kappa shape index (κ3) is 3.31. The molecule has 0 atom stereocenters. The van der Waals surface area contributed by atoms with Crippen LogP contribution in [0, 0.1) is 5.82 Å². The predicted molar refractivity (Wildman–Crippen MR) is 97.7 cm³/mol. The van der Waals surface area contributed by atoms with Crippen molar-refractivity contribution in [2.45, 2.75) is 11.3 Å². The third-order valence-electron chi connectivity index (χ3n) is 4.33. The quantitative estimate of drug-likeness (QED) is 0.745. The Bertz CT molecular complexity index is 1090. The van der Waals surface area contributed by atoms with E-state index in [1.165, 1.54) is 18.4 Å². The topological polar surface area (TPSA) is 79.6 Å². The van der Waals surface area contributed by atoms with Crippen molar-refractivity contribution in [3.63, 3.8) is 0 Å². The van der Waals surface area contributed by atoms with E-state index in [2.05, 4.69) is 4.72 Å². The molecule has 6 nitrogen and oxygen atoms in total. The summed E-state index contributed by atoms with van der Waals surface area (Å²) in [5.74, 6) is -0.491. The van der Waals surface area contributed by atoms with Crippen LogP contribution in [0.1, 0.15) is 16.1 Å². The lowest BCUT2D eigenvalue weighted by atomic mass is 10.1. The Morgan fingerprint density at radius 1 is 1.11 bits per heavy atom. The van der Waals surface area contributed by atoms with Gasteiger partial charge in [-0.05, 0) is 66.6 Å². The number of hydrogen-bond donors (Lipinski definition) is 1. The molecule has 0 unspecified atom stereocenters. The number of carbonyl (C=O) groups excluding carboxylic acids is 1. The van der Waals surface area contributed by atoms with Gasteiger partial charge in [-0.15, -0.1) is 0 Å². The molecule has 4 rings (SSSR count). The molecule has 8 heteroatoms. The molecule has 0 saturated carbocycles. The van der Waals surface area contributed by atoms with Gasteiger partial charge in [0.2, 0.25) is 0 Å². The smallest absolute Gasteiger partial charge is 0.293 e. The van der Waals surface area contributed by atoms with Crippen molar-refractivity contribution in [2.24, 2.45) is 0 Å². The van der Waals surface area contributed by atoms with Crippen molar-refractivity contribution >= 4 is 27.3 Å². The number of fused-ring (bicyclic) bond motifs is 1. The standard InChI is InChI=1S/C19H15FN2O4S/c20-14-3-6-16(7-4-14)27(24,25)21-15-5-8-17-13(12-15)9-10-22(17)19(23)18-2-1-11-26-18/h1-8,11-12,21H,9-10H2. The number of amides is 1. The molecule has 1 N–H and O–H groups in total. The van der Waals surface area contributed by atoms with Crippen LogP contribution >= 0.6 is 0 Å². The minimum atomic E-state index is -3.83. The van der Waals surface area contributed by atoms with E-state index in [1.54, 1.807) is 35.2 Å². The SMILES string of the molecule is O=C(c1ccco1)N1CCc2cc(NS(=O)(=O)c3ccc(F)cc3)ccc21. The van der Waals surface area contributed by atoms with Gasteiger partial charge in [0.15, 0.2) is 5.76 Å². The molecular formula is C19H15FN2O4S. The predicted octanol–water partition coefficient (Wildman–Crippen LogP) is 3.42. The van der Waals surface area contributed by atoms with Gasteiger partial charge in [-0.2, -0.15) is 0 Å². The molecule has 1 aliphatic heterocycles. The number of furan rings is 1. The fourth-order valence-electron chi connectivity index (χ4n) is 3.04. The molecule has 1 amide bonds. The van der Waals surface area contributed by atoms with Crippen LogP contribution in [-0.2, 0) is 16.4 Å². The molecule has 0 spiro atoms. The van der Waals surface area contributed by atoms with Crippen molar-refractivity contribution in [2.75, 3.05) is 16.2 Å². The highest BCUT2D eigenvalue weighted by Crippen LogP contribution is 2.32. The lowest BCUT2D eigenvalue weighted by Crippen LogP contribution is -2.28. The molecule has 1 aliphatic rings. The number of nitrogens with zero attached hydrogens (tertiary/aromatic N) is 1. The molecule has 27 heavy (non-hydrogen) atoms. The normalized spacial score (nSPS) is 13.4. The molecule has 0 bridgehead atoms. The average Bonchev–Trinajstić information content (AvgIpc) is 3.31. The van der Waals surface area contributed by atoms with Crippen LogP contribution in [-0.4, -0.2) is 20.9 Å². The fraction of sp³-hybridized carbons (Fsp3) is 0.105. The number of benzene rings is 2. The summed E-state index contributed by atoms with van der Waals surface area (Å²) in [7, 11) is -3.83. The summed E-state index contributed by atoms with van der Waals surface area (Å²) in [5.41, 5.74) is 1.96. The zero-order valence-corrected chi connectivity index (χ0v) is 14.9. The van der Waals surface area contributed by atoms with Crippen LogP contribution in [0.2, 0.25) is 0 Å². The van der Waals surface area contributed by atoms with Gasteiger partial charge in [-0.25, -0.2) is 12.8 Å². The molecule has 0 saturated heterocycles. The fourth-order valence-corrected chi connectivity index (χ4v) is 4.09. The zero-order chi connectivity index (χ0) is 19.0. The van der Waals surface area contributed by atoms with Gasteiger partial charge in [0.1, 0.15) is 5.82 Å². The summed E-state index contributed by atoms with van der Waals surface area (Å²) in [6, 6.07) is 12.8. The van der Waals surface area contributed by atoms with Gasteiger partial charge in [0.25, 0.3) is 15.9 Å². The molecule has 2 heterocycles. The summed E-state index contributed by atoms with van der Waals surface area (Å²) < 4.78 is 45.5. The second-order valence-corrected chi connectivity index (χ2v) is 7.77. The zero-order valence-electron chi connectivity index (χ0n) is 14.1. The molecule has 0 fully saturated rings. The van der Waals surface area contributed by atoms with E-state index in [-0.39, 0.29) is 16.6 Å². The van der Waals surface area contributed by atoms with Gasteiger partial charge in [0, 0.05) is 17.9 Å². The van der Waals surface area contributed by atoms with Gasteiger partial charge >= 0.3 is 0 Å². The second kappa shape index (κ2) is 6.55. The van der Waals surface area contributed by atoms with Crippen molar-refractivity contribution in [3.8, 4) is 0 Å². The van der Waals surface area contributed by atoms with Crippen molar-refractivity contribution in [1.82, 2.24) is 0 Å². The highest BCUT2D eigenvalue weighted by molar-refractivity contribution is 7.92. The molecule has 0 aliphatic carbocycles. The van der Waals surface area contributed by atoms with Gasteiger partial charge in [0.05, 0.1) is 11.2 Å². The number of hydrogen-bond acceptors (Lipinski definition) is 4. The van der Waals surface area contributed by atoms with E-state index < -0.39 is 15.8 Å². The summed E-state index contributed by atoms with van der Waals surface area (Å²) in [6.07, 6.45) is 2.05. The number of rotatable bonds is 4. The highest BCUT2D eigenvalue weighted by atomic mass is 32.2. The van der Waals surface area contributed by atoms with E-state index in [0.717, 1.165) is 23.4 Å². The first-order valence-electron chi connectivity index (χ1n) is 8.21. The number of carbonyl (C=O) groups is 1. The molecule has 0 radical (unpaired) electrons. The summed E-state index contributed by atoms with van der Waals surface area (Å²) in [4.78, 5) is 14.1. The largest absolute Gasteiger partial charge is 0.459 e. The monoisotopic (exact) mass is 386 g/mol.